The van der Waals surface area contributed by atoms with Crippen LogP contribution in [-0.4, -0.2) is 44.9 Å². The van der Waals surface area contributed by atoms with E-state index in [0.717, 1.165) is 10.6 Å². The maximum atomic E-state index is 12.9. The van der Waals surface area contributed by atoms with E-state index in [1.165, 1.54) is 11.8 Å². The second-order valence-electron chi connectivity index (χ2n) is 6.79. The summed E-state index contributed by atoms with van der Waals surface area (Å²) in [5.74, 6) is 1.27. The highest BCUT2D eigenvalue weighted by Crippen LogP contribution is 2.39. The highest BCUT2D eigenvalue weighted by molar-refractivity contribution is 7.98. The molecule has 1 unspecified atom stereocenters. The molecule has 2 aromatic carbocycles. The molecule has 2 aliphatic heterocycles. The molecule has 1 fully saturated rings. The molecule has 0 bridgehead atoms. The van der Waals surface area contributed by atoms with Crippen LogP contribution in [0.2, 0.25) is 0 Å². The molecule has 0 aliphatic carbocycles. The van der Waals surface area contributed by atoms with Gasteiger partial charge in [-0.1, -0.05) is 6.07 Å². The monoisotopic (exact) mass is 414 g/mol. The maximum Gasteiger partial charge on any atom is 0.229 e. The minimum Gasteiger partial charge on any atom is -0.497 e. The summed E-state index contributed by atoms with van der Waals surface area (Å²) in [5, 5.41) is 2.97. The van der Waals surface area contributed by atoms with Crippen molar-refractivity contribution >= 4 is 35.0 Å². The molecule has 0 radical (unpaired) electrons. The summed E-state index contributed by atoms with van der Waals surface area (Å²) in [6.07, 6.45) is 2.10. The third-order valence-corrected chi connectivity index (χ3v) is 5.76. The fourth-order valence-corrected chi connectivity index (χ4v) is 4.04. The summed E-state index contributed by atoms with van der Waals surface area (Å²) in [6, 6.07) is 10.9. The number of benzene rings is 2. The maximum absolute atomic E-state index is 12.9. The zero-order valence-corrected chi connectivity index (χ0v) is 17.1. The van der Waals surface area contributed by atoms with E-state index >= 15 is 0 Å². The molecule has 2 aliphatic rings. The number of rotatable bonds is 5. The van der Waals surface area contributed by atoms with Crippen LogP contribution in [0, 0.1) is 5.92 Å². The van der Waals surface area contributed by atoms with E-state index in [9.17, 15) is 9.59 Å². The van der Waals surface area contributed by atoms with E-state index in [0.29, 0.717) is 42.7 Å². The number of ether oxygens (including phenoxy) is 3. The molecule has 2 heterocycles. The number of methoxy groups -OCH3 is 1. The standard InChI is InChI=1S/C21H22N2O5S/c1-26-15-5-3-4-14(9-15)23-12-13(8-20(23)24)21(25)22-16-10-17-18(11-19(16)29-2)28-7-6-27-17/h3-5,9-11,13H,6-8,12H2,1-2H3,(H,22,25). The number of fused-ring (bicyclic) bond motifs is 1. The number of carbonyl (C=O) groups is 2. The summed E-state index contributed by atoms with van der Waals surface area (Å²) < 4.78 is 16.5. The zero-order valence-electron chi connectivity index (χ0n) is 16.3. The van der Waals surface area contributed by atoms with Crippen molar-refractivity contribution in [2.45, 2.75) is 11.3 Å². The molecule has 1 N–H and O–H groups in total. The summed E-state index contributed by atoms with van der Waals surface area (Å²) in [7, 11) is 1.58. The fourth-order valence-electron chi connectivity index (χ4n) is 3.48. The second kappa shape index (κ2) is 8.24. The van der Waals surface area contributed by atoms with Gasteiger partial charge in [0.05, 0.1) is 18.7 Å². The van der Waals surface area contributed by atoms with Crippen molar-refractivity contribution in [3.63, 3.8) is 0 Å². The largest absolute Gasteiger partial charge is 0.497 e. The first-order chi connectivity index (χ1) is 14.1. The van der Waals surface area contributed by atoms with Gasteiger partial charge in [0.15, 0.2) is 11.5 Å². The van der Waals surface area contributed by atoms with Gasteiger partial charge in [-0.15, -0.1) is 11.8 Å². The highest BCUT2D eigenvalue weighted by Gasteiger charge is 2.35. The first-order valence-electron chi connectivity index (χ1n) is 9.32. The van der Waals surface area contributed by atoms with Crippen LogP contribution in [0.1, 0.15) is 6.42 Å². The average Bonchev–Trinajstić information content (AvgIpc) is 3.15. The van der Waals surface area contributed by atoms with Crippen molar-refractivity contribution in [1.82, 2.24) is 0 Å². The Bertz CT molecular complexity index is 949. The van der Waals surface area contributed by atoms with Gasteiger partial charge >= 0.3 is 0 Å². The van der Waals surface area contributed by atoms with Crippen molar-refractivity contribution in [3.8, 4) is 17.2 Å². The molecule has 1 saturated heterocycles. The predicted molar refractivity (Wildman–Crippen MR) is 111 cm³/mol. The van der Waals surface area contributed by atoms with E-state index in [1.54, 1.807) is 24.1 Å². The third kappa shape index (κ3) is 3.98. The Kier molecular flexibility index (Phi) is 5.53. The number of anilines is 2. The van der Waals surface area contributed by atoms with Crippen LogP contribution in [0.15, 0.2) is 41.3 Å². The number of nitrogens with zero attached hydrogens (tertiary/aromatic N) is 1. The number of hydrogen-bond acceptors (Lipinski definition) is 6. The average molecular weight is 414 g/mol. The zero-order chi connectivity index (χ0) is 20.4. The molecular weight excluding hydrogens is 392 g/mol. The number of amides is 2. The van der Waals surface area contributed by atoms with Gasteiger partial charge in [0, 0.05) is 35.7 Å². The molecule has 8 heteroatoms. The molecule has 2 amide bonds. The van der Waals surface area contributed by atoms with Gasteiger partial charge in [0.1, 0.15) is 19.0 Å². The predicted octanol–water partition coefficient (Wildman–Crippen LogP) is 3.18. The summed E-state index contributed by atoms with van der Waals surface area (Å²) in [4.78, 5) is 27.9. The molecule has 1 atom stereocenters. The Hall–Kier alpha value is -2.87. The summed E-state index contributed by atoms with van der Waals surface area (Å²) >= 11 is 1.51. The van der Waals surface area contributed by atoms with E-state index < -0.39 is 5.92 Å². The van der Waals surface area contributed by atoms with E-state index in [-0.39, 0.29) is 18.2 Å². The lowest BCUT2D eigenvalue weighted by molar-refractivity contribution is -0.122. The highest BCUT2D eigenvalue weighted by atomic mass is 32.2. The van der Waals surface area contributed by atoms with Crippen LogP contribution in [0.4, 0.5) is 11.4 Å². The normalized spacial score (nSPS) is 17.9. The topological polar surface area (TPSA) is 77.1 Å². The van der Waals surface area contributed by atoms with Crippen molar-refractivity contribution in [1.29, 1.82) is 0 Å². The van der Waals surface area contributed by atoms with Crippen LogP contribution in [-0.2, 0) is 9.59 Å². The lowest BCUT2D eigenvalue weighted by Gasteiger charge is -2.21. The van der Waals surface area contributed by atoms with Crippen LogP contribution in [0.5, 0.6) is 17.2 Å². The fraction of sp³-hybridized carbons (Fsp3) is 0.333. The Morgan fingerprint density at radius 2 is 1.97 bits per heavy atom. The second-order valence-corrected chi connectivity index (χ2v) is 7.64. The Morgan fingerprint density at radius 3 is 2.69 bits per heavy atom. The van der Waals surface area contributed by atoms with Gasteiger partial charge in [-0.05, 0) is 24.5 Å². The molecule has 0 saturated carbocycles. The van der Waals surface area contributed by atoms with E-state index in [4.69, 9.17) is 14.2 Å². The van der Waals surface area contributed by atoms with E-state index in [1.807, 2.05) is 30.5 Å². The van der Waals surface area contributed by atoms with Gasteiger partial charge in [0.2, 0.25) is 11.8 Å². The molecule has 0 spiro atoms. The van der Waals surface area contributed by atoms with Crippen molar-refractivity contribution in [3.05, 3.63) is 36.4 Å². The van der Waals surface area contributed by atoms with Crippen molar-refractivity contribution in [2.24, 2.45) is 5.92 Å². The van der Waals surface area contributed by atoms with Crippen molar-refractivity contribution < 1.29 is 23.8 Å². The quantitative estimate of drug-likeness (QED) is 0.758. The van der Waals surface area contributed by atoms with Crippen LogP contribution < -0.4 is 24.4 Å². The Balaban J connectivity index is 1.50. The SMILES string of the molecule is COc1cccc(N2CC(C(=O)Nc3cc4c(cc3SC)OCCO4)CC2=O)c1. The van der Waals surface area contributed by atoms with Gasteiger partial charge < -0.3 is 24.4 Å². The van der Waals surface area contributed by atoms with Gasteiger partial charge in [-0.3, -0.25) is 9.59 Å². The number of carbonyl (C=O) groups excluding carboxylic acids is 2. The molecule has 152 valence electrons. The van der Waals surface area contributed by atoms with Crippen LogP contribution in [0.25, 0.3) is 0 Å². The molecule has 29 heavy (non-hydrogen) atoms. The Morgan fingerprint density at radius 1 is 1.21 bits per heavy atom. The summed E-state index contributed by atoms with van der Waals surface area (Å²) in [6.45, 7) is 1.32. The lowest BCUT2D eigenvalue weighted by Crippen LogP contribution is -2.28. The third-order valence-electron chi connectivity index (χ3n) is 4.98. The smallest absolute Gasteiger partial charge is 0.229 e. The Labute approximate surface area is 173 Å². The van der Waals surface area contributed by atoms with Gasteiger partial charge in [0.25, 0.3) is 0 Å². The number of thioether (sulfide) groups is 1. The minimum absolute atomic E-state index is 0.0781. The molecular formula is C21H22N2O5S. The minimum atomic E-state index is -0.434. The number of nitrogens with one attached hydrogen (secondary N) is 1. The van der Waals surface area contributed by atoms with Crippen molar-refractivity contribution in [2.75, 3.05) is 43.3 Å². The molecule has 7 nitrogen and oxygen atoms in total. The van der Waals surface area contributed by atoms with Crippen LogP contribution >= 0.6 is 11.8 Å². The lowest BCUT2D eigenvalue weighted by atomic mass is 10.1. The molecule has 2 aromatic rings. The summed E-state index contributed by atoms with van der Waals surface area (Å²) in [5.41, 5.74) is 1.40. The van der Waals surface area contributed by atoms with Gasteiger partial charge in [-0.25, -0.2) is 0 Å². The first kappa shape index (κ1) is 19.4. The first-order valence-corrected chi connectivity index (χ1v) is 10.5. The molecule has 4 rings (SSSR count). The molecule has 0 aromatic heterocycles. The van der Waals surface area contributed by atoms with Gasteiger partial charge in [-0.2, -0.15) is 0 Å². The number of hydrogen-bond donors (Lipinski definition) is 1. The van der Waals surface area contributed by atoms with Crippen LogP contribution in [0.3, 0.4) is 0 Å². The van der Waals surface area contributed by atoms with E-state index in [2.05, 4.69) is 5.32 Å².